The van der Waals surface area contributed by atoms with Crippen molar-refractivity contribution in [1.82, 2.24) is 0 Å². The SMILES string of the molecule is CCCCCCc1ccc(C(O)(c2ccc(CCCCCC)cc2)c2ccsc2-c2cc3sc(-c4sccc4C(O)(c4ccc(CCCCCC)cc4)c4ccc(CCCCCC)cc4)cc3s2)cc1.CCOC(=O)c1ccsc1-c1cc2sc(-c3sccc3C(=O)OCC)cc2s1. The van der Waals surface area contributed by atoms with E-state index in [0.29, 0.717) is 24.3 Å². The standard InChI is InChI=1S/C64H76O2S4.C20H16O4S4/c1-5-9-13-17-21-47-25-33-51(34-26-47)63(65,52-35-27-48(28-36-52)22-18-14-10-6-2)55-41-43-67-61(55)59-45-57-58(69-59)46-60(70-57)62-56(42-44-68-62)64(66,53-37-29-49(30-38-53)23-19-15-11-7-3)54-39-31-50(32-40-54)24-20-16-12-8-4;1-3-23-19(21)11-5-7-25-17(11)15-9-13-14(27-15)10-16(28-13)18-12(6-8-26-18)20(22)24-4-2/h25-46,65-66H,5-24H2,1-4H3;5-10H,3-4H2,1-2H3. The Hall–Kier alpha value is -6.14. The molecule has 0 spiro atoms. The summed E-state index contributed by atoms with van der Waals surface area (Å²) >= 11 is 13.4. The zero-order valence-electron chi connectivity index (χ0n) is 57.5. The zero-order valence-corrected chi connectivity index (χ0v) is 64.0. The summed E-state index contributed by atoms with van der Waals surface area (Å²) in [6.07, 6.45) is 24.1. The molecule has 0 amide bonds. The van der Waals surface area contributed by atoms with Crippen LogP contribution >= 0.6 is 90.7 Å². The summed E-state index contributed by atoms with van der Waals surface area (Å²) < 4.78 is 15.0. The second-order valence-electron chi connectivity index (χ2n) is 25.4. The van der Waals surface area contributed by atoms with Crippen molar-refractivity contribution < 1.29 is 29.3 Å². The van der Waals surface area contributed by atoms with E-state index in [9.17, 15) is 19.8 Å². The van der Waals surface area contributed by atoms with Gasteiger partial charge in [-0.1, -0.05) is 202 Å². The lowest BCUT2D eigenvalue weighted by atomic mass is 9.79. The van der Waals surface area contributed by atoms with Crippen molar-refractivity contribution >= 4 is 121 Å². The van der Waals surface area contributed by atoms with Crippen LogP contribution in [0.25, 0.3) is 57.8 Å². The van der Waals surface area contributed by atoms with E-state index in [2.05, 4.69) is 172 Å². The highest BCUT2D eigenvalue weighted by Gasteiger charge is 2.39. The second-order valence-corrected chi connectivity index (χ2v) is 33.4. The van der Waals surface area contributed by atoms with E-state index in [0.717, 1.165) is 97.7 Å². The van der Waals surface area contributed by atoms with Crippen LogP contribution in [0.5, 0.6) is 0 Å². The molecule has 8 aromatic heterocycles. The van der Waals surface area contributed by atoms with Crippen molar-refractivity contribution in [2.45, 2.75) is 181 Å². The molecule has 8 heterocycles. The first-order chi connectivity index (χ1) is 47.9. The van der Waals surface area contributed by atoms with E-state index in [1.54, 1.807) is 90.7 Å². The van der Waals surface area contributed by atoms with Crippen LogP contribution in [0.15, 0.2) is 167 Å². The third-order valence-electron chi connectivity index (χ3n) is 18.5. The fourth-order valence-corrected chi connectivity index (χ4v) is 22.0. The minimum absolute atomic E-state index is 0.283. The number of unbranched alkanes of at least 4 members (excludes halogenated alkanes) is 12. The Kier molecular flexibility index (Phi) is 26.4. The molecule has 14 heteroatoms. The molecule has 0 aliphatic heterocycles. The maximum atomic E-state index is 13.4. The maximum Gasteiger partial charge on any atom is 0.339 e. The summed E-state index contributed by atoms with van der Waals surface area (Å²) in [6, 6.07) is 52.0. The molecule has 0 fully saturated rings. The van der Waals surface area contributed by atoms with Crippen LogP contribution in [0.1, 0.15) is 221 Å². The molecule has 12 aromatic rings. The third-order valence-corrected chi connectivity index (χ3v) is 27.5. The van der Waals surface area contributed by atoms with Gasteiger partial charge >= 0.3 is 11.9 Å². The summed E-state index contributed by atoms with van der Waals surface area (Å²) in [5.74, 6) is -0.567. The molecule has 512 valence electrons. The Morgan fingerprint density at radius 1 is 0.327 bits per heavy atom. The Morgan fingerprint density at radius 3 is 0.847 bits per heavy atom. The minimum atomic E-state index is -1.32. The summed E-state index contributed by atoms with van der Waals surface area (Å²) in [5.41, 5.74) is 9.38. The quantitative estimate of drug-likeness (QED) is 0.0308. The predicted octanol–water partition coefficient (Wildman–Crippen LogP) is 26.3. The van der Waals surface area contributed by atoms with Gasteiger partial charge in [0.2, 0.25) is 0 Å². The predicted molar refractivity (Wildman–Crippen MR) is 426 cm³/mol. The van der Waals surface area contributed by atoms with Crippen molar-refractivity contribution in [2.24, 2.45) is 0 Å². The number of esters is 2. The molecular weight excluding hydrogens is 1360 g/mol. The van der Waals surface area contributed by atoms with Gasteiger partial charge < -0.3 is 19.7 Å². The van der Waals surface area contributed by atoms with Crippen LogP contribution in [0.2, 0.25) is 0 Å². The van der Waals surface area contributed by atoms with Crippen LogP contribution in [0, 0.1) is 0 Å². The first-order valence-electron chi connectivity index (χ1n) is 35.5. The monoisotopic (exact) mass is 1450 g/mol. The number of hydrogen-bond donors (Lipinski definition) is 2. The van der Waals surface area contributed by atoms with Crippen LogP contribution < -0.4 is 0 Å². The Labute approximate surface area is 612 Å². The number of aryl methyl sites for hydroxylation is 4. The summed E-state index contributed by atoms with van der Waals surface area (Å²) in [6.45, 7) is 13.4. The lowest BCUT2D eigenvalue weighted by Gasteiger charge is -2.31. The van der Waals surface area contributed by atoms with Crippen molar-refractivity contribution in [1.29, 1.82) is 0 Å². The van der Waals surface area contributed by atoms with E-state index in [1.807, 2.05) is 36.7 Å². The van der Waals surface area contributed by atoms with Gasteiger partial charge in [0.25, 0.3) is 0 Å². The average Bonchev–Trinajstić information content (AvgIpc) is 1.41. The average molecular weight is 1450 g/mol. The first kappa shape index (κ1) is 73.1. The molecule has 0 saturated carbocycles. The van der Waals surface area contributed by atoms with Gasteiger partial charge in [0.05, 0.1) is 43.8 Å². The van der Waals surface area contributed by atoms with Crippen LogP contribution in [-0.2, 0) is 46.4 Å². The van der Waals surface area contributed by atoms with Gasteiger partial charge in [0, 0.05) is 49.4 Å². The molecular formula is C84H92O6S8. The smallest absolute Gasteiger partial charge is 0.339 e. The maximum absolute atomic E-state index is 13.4. The lowest BCUT2D eigenvalue weighted by Crippen LogP contribution is -2.29. The van der Waals surface area contributed by atoms with E-state index in [1.165, 1.54) is 144 Å². The van der Waals surface area contributed by atoms with Gasteiger partial charge in [0.1, 0.15) is 11.2 Å². The topological polar surface area (TPSA) is 93.1 Å². The van der Waals surface area contributed by atoms with E-state index in [4.69, 9.17) is 9.47 Å². The van der Waals surface area contributed by atoms with Crippen molar-refractivity contribution in [2.75, 3.05) is 13.2 Å². The summed E-state index contributed by atoms with van der Waals surface area (Å²) in [4.78, 5) is 32.9. The second kappa shape index (κ2) is 35.5. The Bertz CT molecular complexity index is 3990. The molecule has 98 heavy (non-hydrogen) atoms. The molecule has 0 bridgehead atoms. The molecule has 6 nitrogen and oxygen atoms in total. The normalized spacial score (nSPS) is 11.8. The lowest BCUT2D eigenvalue weighted by molar-refractivity contribution is 0.0518. The van der Waals surface area contributed by atoms with Crippen molar-refractivity contribution in [3.63, 3.8) is 0 Å². The highest BCUT2D eigenvalue weighted by atomic mass is 32.1. The Balaban J connectivity index is 0.000000287. The fraction of sp³-hybridized carbons (Fsp3) is 0.357. The first-order valence-corrected chi connectivity index (χ1v) is 42.3. The molecule has 0 saturated heterocycles. The molecule has 2 N–H and O–H groups in total. The van der Waals surface area contributed by atoms with Crippen molar-refractivity contribution in [3.8, 4) is 39.0 Å². The van der Waals surface area contributed by atoms with Gasteiger partial charge in [-0.3, -0.25) is 0 Å². The van der Waals surface area contributed by atoms with Gasteiger partial charge in [0.15, 0.2) is 0 Å². The summed E-state index contributed by atoms with van der Waals surface area (Å²) in [5, 5.41) is 34.8. The third kappa shape index (κ3) is 17.1. The molecule has 0 aliphatic rings. The largest absolute Gasteiger partial charge is 0.462 e. The van der Waals surface area contributed by atoms with Gasteiger partial charge in [-0.05, 0) is 180 Å². The van der Waals surface area contributed by atoms with E-state index >= 15 is 0 Å². The summed E-state index contributed by atoms with van der Waals surface area (Å²) in [7, 11) is 0. The number of rotatable bonds is 34. The number of fused-ring (bicyclic) bond motifs is 2. The molecule has 0 atom stereocenters. The number of carbonyl (C=O) groups excluding carboxylic acids is 2. The number of benzene rings is 4. The molecule has 12 rings (SSSR count). The van der Waals surface area contributed by atoms with Crippen LogP contribution in [0.4, 0.5) is 0 Å². The minimum Gasteiger partial charge on any atom is -0.462 e. The highest BCUT2D eigenvalue weighted by molar-refractivity contribution is 7.34. The fourth-order valence-electron chi connectivity index (χ4n) is 13.1. The molecule has 0 aliphatic carbocycles. The van der Waals surface area contributed by atoms with E-state index in [-0.39, 0.29) is 11.9 Å². The molecule has 0 unspecified atom stereocenters. The number of ether oxygens (including phenoxy) is 2. The van der Waals surface area contributed by atoms with Gasteiger partial charge in [-0.15, -0.1) is 90.7 Å². The number of hydrogen-bond acceptors (Lipinski definition) is 14. The molecule has 0 radical (unpaired) electrons. The van der Waals surface area contributed by atoms with Crippen molar-refractivity contribution in [3.05, 3.63) is 234 Å². The Morgan fingerprint density at radius 2 is 0.582 bits per heavy atom. The molecule has 4 aromatic carbocycles. The zero-order chi connectivity index (χ0) is 68.4. The van der Waals surface area contributed by atoms with Gasteiger partial charge in [-0.25, -0.2) is 9.59 Å². The van der Waals surface area contributed by atoms with E-state index < -0.39 is 11.2 Å². The number of carbonyl (C=O) groups is 2. The number of thiophene rings is 8. The number of aliphatic hydroxyl groups is 2. The highest BCUT2D eigenvalue weighted by Crippen LogP contribution is 2.52. The van der Waals surface area contributed by atoms with Crippen LogP contribution in [0.3, 0.4) is 0 Å². The van der Waals surface area contributed by atoms with Gasteiger partial charge in [-0.2, -0.15) is 0 Å². The van der Waals surface area contributed by atoms with Crippen LogP contribution in [-0.4, -0.2) is 35.4 Å².